The van der Waals surface area contributed by atoms with Gasteiger partial charge in [0.25, 0.3) is 10.0 Å². The molecule has 1 atom stereocenters. The maximum Gasteiger partial charge on any atom is 0.263 e. The maximum atomic E-state index is 12.3. The van der Waals surface area contributed by atoms with Crippen LogP contribution >= 0.6 is 15.9 Å². The molecule has 6 nitrogen and oxygen atoms in total. The van der Waals surface area contributed by atoms with Crippen LogP contribution in [0, 0.1) is 0 Å². The van der Waals surface area contributed by atoms with Gasteiger partial charge in [0, 0.05) is 15.7 Å². The van der Waals surface area contributed by atoms with E-state index in [9.17, 15) is 13.2 Å². The molecule has 124 valence electrons. The number of carbonyl (C=O) groups is 1. The van der Waals surface area contributed by atoms with E-state index in [0.29, 0.717) is 11.3 Å². The van der Waals surface area contributed by atoms with E-state index in [1.807, 2.05) is 12.1 Å². The Kier molecular flexibility index (Phi) is 4.42. The zero-order valence-corrected chi connectivity index (χ0v) is 15.1. The molecule has 8 heteroatoms. The van der Waals surface area contributed by atoms with E-state index in [2.05, 4.69) is 31.0 Å². The van der Waals surface area contributed by atoms with Gasteiger partial charge in [-0.1, -0.05) is 28.1 Å². The van der Waals surface area contributed by atoms with Crippen molar-refractivity contribution in [2.45, 2.75) is 17.9 Å². The smallest absolute Gasteiger partial charge is 0.263 e. The summed E-state index contributed by atoms with van der Waals surface area (Å²) in [5.41, 5.74) is 1.11. The third kappa shape index (κ3) is 3.34. The molecule has 3 rings (SSSR count). The highest BCUT2D eigenvalue weighted by molar-refractivity contribution is 9.10. The van der Waals surface area contributed by atoms with Gasteiger partial charge in [-0.25, -0.2) is 8.42 Å². The van der Waals surface area contributed by atoms with E-state index in [-0.39, 0.29) is 16.6 Å². The first-order valence-electron chi connectivity index (χ1n) is 7.13. The highest BCUT2D eigenvalue weighted by Gasteiger charge is 2.31. The van der Waals surface area contributed by atoms with Gasteiger partial charge in [0.05, 0.1) is 4.90 Å². The van der Waals surface area contributed by atoms with E-state index in [1.165, 1.54) is 6.07 Å². The maximum absolute atomic E-state index is 12.3. The minimum absolute atomic E-state index is 0.171. The molecule has 0 aromatic heterocycles. The first-order chi connectivity index (χ1) is 11.4. The largest absolute Gasteiger partial charge is 0.324 e. The van der Waals surface area contributed by atoms with Crippen molar-refractivity contribution in [1.29, 1.82) is 0 Å². The van der Waals surface area contributed by atoms with E-state index >= 15 is 0 Å². The van der Waals surface area contributed by atoms with Crippen molar-refractivity contribution in [2.75, 3.05) is 5.32 Å². The molecule has 2 aromatic rings. The van der Waals surface area contributed by atoms with Crippen LogP contribution in [0.25, 0.3) is 0 Å². The molecule has 0 bridgehead atoms. The number of nitrogens with one attached hydrogen (secondary N) is 2. The molecule has 0 fully saturated rings. The lowest BCUT2D eigenvalue weighted by atomic mass is 10.2. The number of sulfonamides is 1. The number of nitrogens with zero attached hydrogens (tertiary/aromatic N) is 1. The molecule has 1 amide bonds. The number of aliphatic imine (C=N–C) groups is 1. The molecule has 24 heavy (non-hydrogen) atoms. The number of hydrogen-bond acceptors (Lipinski definition) is 4. The molecule has 0 radical (unpaired) electrons. The van der Waals surface area contributed by atoms with Crippen molar-refractivity contribution in [3.05, 3.63) is 58.6 Å². The van der Waals surface area contributed by atoms with Gasteiger partial charge < -0.3 is 5.32 Å². The Hall–Kier alpha value is -2.19. The average molecular weight is 408 g/mol. The summed E-state index contributed by atoms with van der Waals surface area (Å²) in [4.78, 5) is 16.7. The second-order valence-corrected chi connectivity index (χ2v) is 7.82. The van der Waals surface area contributed by atoms with E-state index in [4.69, 9.17) is 0 Å². The van der Waals surface area contributed by atoms with Gasteiger partial charge in [-0.15, -0.1) is 0 Å². The Bertz CT molecular complexity index is 924. The summed E-state index contributed by atoms with van der Waals surface area (Å²) in [6.07, 6.45) is 0. The Morgan fingerprint density at radius 3 is 2.54 bits per heavy atom. The highest BCUT2D eigenvalue weighted by atomic mass is 79.9. The van der Waals surface area contributed by atoms with Crippen LogP contribution in [0.15, 0.2) is 62.9 Å². The van der Waals surface area contributed by atoms with Crippen molar-refractivity contribution in [1.82, 2.24) is 4.72 Å². The van der Waals surface area contributed by atoms with E-state index in [1.54, 1.807) is 37.3 Å². The number of hydrogen-bond donors (Lipinski definition) is 2. The van der Waals surface area contributed by atoms with Crippen LogP contribution in [0.5, 0.6) is 0 Å². The lowest BCUT2D eigenvalue weighted by molar-refractivity contribution is -0.117. The molecule has 1 aliphatic rings. The molecule has 2 N–H and O–H groups in total. The van der Waals surface area contributed by atoms with Crippen molar-refractivity contribution in [3.8, 4) is 0 Å². The third-order valence-electron chi connectivity index (χ3n) is 3.48. The zero-order valence-electron chi connectivity index (χ0n) is 12.7. The molecule has 0 unspecified atom stereocenters. The minimum Gasteiger partial charge on any atom is -0.324 e. The number of fused-ring (bicyclic) bond motifs is 1. The second-order valence-electron chi connectivity index (χ2n) is 5.25. The molecule has 0 spiro atoms. The number of anilines is 1. The molecule has 0 aliphatic carbocycles. The fourth-order valence-corrected chi connectivity index (χ4v) is 3.77. The highest BCUT2D eigenvalue weighted by Crippen LogP contribution is 2.22. The summed E-state index contributed by atoms with van der Waals surface area (Å²) in [7, 11) is -3.61. The number of halogens is 1. The number of carbonyl (C=O) groups excluding carboxylic acids is 1. The quantitative estimate of drug-likeness (QED) is 0.818. The first kappa shape index (κ1) is 16.7. The molecular weight excluding hydrogens is 394 g/mol. The van der Waals surface area contributed by atoms with Crippen LogP contribution in [0.3, 0.4) is 0 Å². The molecule has 0 saturated carbocycles. The molecule has 1 aliphatic heterocycles. The fraction of sp³-hybridized carbons (Fsp3) is 0.125. The second kappa shape index (κ2) is 6.37. The number of rotatable bonds is 3. The van der Waals surface area contributed by atoms with Gasteiger partial charge in [-0.05, 0) is 43.3 Å². The van der Waals surface area contributed by atoms with Crippen LogP contribution in [-0.4, -0.2) is 26.2 Å². The predicted molar refractivity (Wildman–Crippen MR) is 95.5 cm³/mol. The predicted octanol–water partition coefficient (Wildman–Crippen LogP) is 2.51. The number of amidine groups is 1. The normalized spacial score (nSPS) is 17.8. The van der Waals surface area contributed by atoms with Crippen LogP contribution in [0.2, 0.25) is 0 Å². The lowest BCUT2D eigenvalue weighted by Gasteiger charge is -2.10. The standard InChI is InChI=1S/C16H14BrN3O3S/c1-10(16(21)19-12-8-6-11(17)7-9-12)18-15-13-4-2-3-5-14(13)24(22,23)20-15/h2-10H,1H3,(H,18,20)(H,19,21)/t10-/m0/s1. The van der Waals surface area contributed by atoms with E-state index in [0.717, 1.165) is 4.47 Å². The van der Waals surface area contributed by atoms with Gasteiger partial charge in [-0.3, -0.25) is 14.5 Å². The molecule has 0 saturated heterocycles. The van der Waals surface area contributed by atoms with Gasteiger partial charge in [-0.2, -0.15) is 0 Å². The summed E-state index contributed by atoms with van der Waals surface area (Å²) in [6.45, 7) is 1.61. The molecular formula is C16H14BrN3O3S. The third-order valence-corrected chi connectivity index (χ3v) is 5.40. The van der Waals surface area contributed by atoms with Crippen molar-refractivity contribution >= 4 is 43.4 Å². The monoisotopic (exact) mass is 407 g/mol. The Morgan fingerprint density at radius 1 is 1.17 bits per heavy atom. The van der Waals surface area contributed by atoms with Crippen LogP contribution in [0.4, 0.5) is 5.69 Å². The summed E-state index contributed by atoms with van der Waals surface area (Å²) >= 11 is 3.33. The van der Waals surface area contributed by atoms with E-state index < -0.39 is 16.1 Å². The summed E-state index contributed by atoms with van der Waals surface area (Å²) in [6, 6.07) is 12.9. The molecule has 1 heterocycles. The van der Waals surface area contributed by atoms with Crippen LogP contribution < -0.4 is 10.0 Å². The van der Waals surface area contributed by atoms with Gasteiger partial charge in [0.2, 0.25) is 5.91 Å². The Morgan fingerprint density at radius 2 is 1.83 bits per heavy atom. The summed E-state index contributed by atoms with van der Waals surface area (Å²) in [5, 5.41) is 2.74. The van der Waals surface area contributed by atoms with Gasteiger partial charge in [0.1, 0.15) is 11.9 Å². The SMILES string of the molecule is C[C@H](N=C1NS(=O)(=O)c2ccccc21)C(=O)Nc1ccc(Br)cc1. The summed E-state index contributed by atoms with van der Waals surface area (Å²) < 4.78 is 27.4. The van der Waals surface area contributed by atoms with Crippen molar-refractivity contribution in [2.24, 2.45) is 4.99 Å². The lowest BCUT2D eigenvalue weighted by Crippen LogP contribution is -2.28. The number of benzene rings is 2. The minimum atomic E-state index is -3.61. The topological polar surface area (TPSA) is 87.6 Å². The van der Waals surface area contributed by atoms with Gasteiger partial charge in [0.15, 0.2) is 0 Å². The Labute approximate surface area is 148 Å². The van der Waals surface area contributed by atoms with Crippen molar-refractivity contribution < 1.29 is 13.2 Å². The van der Waals surface area contributed by atoms with Crippen LogP contribution in [-0.2, 0) is 14.8 Å². The Balaban J connectivity index is 1.81. The van der Waals surface area contributed by atoms with Crippen LogP contribution in [0.1, 0.15) is 12.5 Å². The van der Waals surface area contributed by atoms with Crippen molar-refractivity contribution in [3.63, 3.8) is 0 Å². The fourth-order valence-electron chi connectivity index (χ4n) is 2.26. The molecule has 2 aromatic carbocycles. The number of amides is 1. The zero-order chi connectivity index (χ0) is 17.3. The summed E-state index contributed by atoms with van der Waals surface area (Å²) in [5.74, 6) is -0.141. The average Bonchev–Trinajstić information content (AvgIpc) is 2.81. The van der Waals surface area contributed by atoms with Gasteiger partial charge >= 0.3 is 0 Å². The first-order valence-corrected chi connectivity index (χ1v) is 9.41.